The molecule has 7 fully saturated rings. The van der Waals surface area contributed by atoms with Gasteiger partial charge in [-0.15, -0.1) is 0 Å². The van der Waals surface area contributed by atoms with Gasteiger partial charge in [-0.05, 0) is 68.6 Å². The molecule has 0 aromatic heterocycles. The van der Waals surface area contributed by atoms with Gasteiger partial charge in [-0.25, -0.2) is 0 Å². The number of carbonyl (C=O) groups is 2. The molecule has 0 aromatic carbocycles. The predicted molar refractivity (Wildman–Crippen MR) is 85.7 cm³/mol. The van der Waals surface area contributed by atoms with E-state index in [9.17, 15) is 14.7 Å². The highest BCUT2D eigenvalue weighted by molar-refractivity contribution is 5.98. The summed E-state index contributed by atoms with van der Waals surface area (Å²) < 4.78 is 0. The number of nitrogens with zero attached hydrogens (tertiary/aromatic N) is 1. The lowest BCUT2D eigenvalue weighted by Crippen LogP contribution is -2.71. The molecule has 2 amide bonds. The van der Waals surface area contributed by atoms with E-state index in [0.29, 0.717) is 36.1 Å². The van der Waals surface area contributed by atoms with Crippen LogP contribution in [0, 0.1) is 29.1 Å². The third kappa shape index (κ3) is 1.56. The molecule has 2 saturated heterocycles. The first-order chi connectivity index (χ1) is 11.4. The van der Waals surface area contributed by atoms with Gasteiger partial charge < -0.3 is 15.3 Å². The fraction of sp³-hybridized carbons (Fsp3) is 0.895. The van der Waals surface area contributed by atoms with E-state index < -0.39 is 11.6 Å². The number of nitrogens with one attached hydrogen (secondary N) is 1. The van der Waals surface area contributed by atoms with Gasteiger partial charge in [0.15, 0.2) is 0 Å². The van der Waals surface area contributed by atoms with E-state index in [-0.39, 0.29) is 23.3 Å². The van der Waals surface area contributed by atoms with Crippen molar-refractivity contribution in [2.45, 2.75) is 75.6 Å². The average Bonchev–Trinajstić information content (AvgIpc) is 2.92. The number of amides is 2. The Morgan fingerprint density at radius 3 is 2.50 bits per heavy atom. The van der Waals surface area contributed by atoms with Crippen LogP contribution in [0.5, 0.6) is 0 Å². The third-order valence-electron chi connectivity index (χ3n) is 8.44. The molecule has 2 aliphatic heterocycles. The average molecular weight is 330 g/mol. The van der Waals surface area contributed by atoms with Gasteiger partial charge in [-0.2, -0.15) is 0 Å². The van der Waals surface area contributed by atoms with E-state index in [1.165, 1.54) is 6.42 Å². The fourth-order valence-electron chi connectivity index (χ4n) is 7.94. The first kappa shape index (κ1) is 14.1. The lowest BCUT2D eigenvalue weighted by Gasteiger charge is -2.62. The van der Waals surface area contributed by atoms with E-state index in [4.69, 9.17) is 0 Å². The second kappa shape index (κ2) is 4.00. The smallest absolute Gasteiger partial charge is 0.246 e. The van der Waals surface area contributed by atoms with Crippen molar-refractivity contribution in [3.8, 4) is 0 Å². The summed E-state index contributed by atoms with van der Waals surface area (Å²) >= 11 is 0. The van der Waals surface area contributed by atoms with E-state index >= 15 is 0 Å². The number of hydrogen-bond acceptors (Lipinski definition) is 3. The molecule has 5 nitrogen and oxygen atoms in total. The Labute approximate surface area is 142 Å². The van der Waals surface area contributed by atoms with Crippen LogP contribution in [-0.2, 0) is 9.59 Å². The van der Waals surface area contributed by atoms with Crippen LogP contribution in [0.4, 0.5) is 0 Å². The predicted octanol–water partition coefficient (Wildman–Crippen LogP) is 1.05. The summed E-state index contributed by atoms with van der Waals surface area (Å²) in [5, 5.41) is 14.1. The van der Waals surface area contributed by atoms with Gasteiger partial charge in [-0.3, -0.25) is 9.59 Å². The van der Waals surface area contributed by atoms with Crippen LogP contribution in [0.3, 0.4) is 0 Å². The number of rotatable bonds is 1. The van der Waals surface area contributed by atoms with Crippen molar-refractivity contribution in [2.24, 2.45) is 29.1 Å². The van der Waals surface area contributed by atoms with Crippen LogP contribution in [0.25, 0.3) is 0 Å². The molecule has 0 radical (unpaired) electrons. The molecule has 5 saturated carbocycles. The van der Waals surface area contributed by atoms with Crippen molar-refractivity contribution in [1.29, 1.82) is 0 Å². The highest BCUT2D eigenvalue weighted by Gasteiger charge is 2.68. The minimum Gasteiger partial charge on any atom is -0.390 e. The molecule has 7 aliphatic rings. The van der Waals surface area contributed by atoms with Gasteiger partial charge in [0.1, 0.15) is 12.1 Å². The maximum absolute atomic E-state index is 13.4. The summed E-state index contributed by atoms with van der Waals surface area (Å²) in [5.41, 5.74) is -0.793. The Kier molecular flexibility index (Phi) is 2.35. The number of piperidine rings is 1. The SMILES string of the molecule is CC1C2CC3C(=O)NC(C45CC6CC(CC(O)(C6)C4)C5)C(=O)N3C12. The molecule has 4 bridgehead atoms. The summed E-state index contributed by atoms with van der Waals surface area (Å²) in [7, 11) is 0. The molecule has 2 N–H and O–H groups in total. The van der Waals surface area contributed by atoms with Gasteiger partial charge in [0, 0.05) is 11.5 Å². The maximum Gasteiger partial charge on any atom is 0.246 e. The number of piperazine rings is 1. The van der Waals surface area contributed by atoms with E-state index in [2.05, 4.69) is 12.2 Å². The highest BCUT2D eigenvalue weighted by atomic mass is 16.3. The summed E-state index contributed by atoms with van der Waals surface area (Å²) in [4.78, 5) is 28.0. The van der Waals surface area contributed by atoms with Gasteiger partial charge in [-0.1, -0.05) is 6.92 Å². The first-order valence-electron chi connectivity index (χ1n) is 9.74. The molecule has 0 aromatic rings. The summed E-state index contributed by atoms with van der Waals surface area (Å²) in [6.45, 7) is 2.20. The zero-order valence-corrected chi connectivity index (χ0v) is 14.2. The second-order valence-corrected chi connectivity index (χ2v) is 10.00. The topological polar surface area (TPSA) is 69.6 Å². The van der Waals surface area contributed by atoms with Crippen LogP contribution < -0.4 is 5.32 Å². The molecule has 7 unspecified atom stereocenters. The van der Waals surface area contributed by atoms with E-state index in [1.807, 2.05) is 4.90 Å². The van der Waals surface area contributed by atoms with Gasteiger partial charge in [0.05, 0.1) is 5.60 Å². The van der Waals surface area contributed by atoms with Crippen molar-refractivity contribution < 1.29 is 14.7 Å². The molecular weight excluding hydrogens is 304 g/mol. The van der Waals surface area contributed by atoms with Crippen molar-refractivity contribution in [3.05, 3.63) is 0 Å². The second-order valence-electron chi connectivity index (χ2n) is 10.00. The maximum atomic E-state index is 13.4. The molecular formula is C19H26N2O3. The molecule has 7 atom stereocenters. The molecule has 5 aliphatic carbocycles. The Morgan fingerprint density at radius 1 is 1.12 bits per heavy atom. The third-order valence-corrected chi connectivity index (χ3v) is 8.44. The first-order valence-corrected chi connectivity index (χ1v) is 9.74. The Balaban J connectivity index is 1.37. The summed E-state index contributed by atoms with van der Waals surface area (Å²) in [6.07, 6.45) is 6.55. The van der Waals surface area contributed by atoms with Crippen molar-refractivity contribution in [2.75, 3.05) is 0 Å². The van der Waals surface area contributed by atoms with Gasteiger partial charge in [0.25, 0.3) is 0 Å². The Hall–Kier alpha value is -1.10. The van der Waals surface area contributed by atoms with Crippen molar-refractivity contribution >= 4 is 11.8 Å². The number of hydrogen-bond donors (Lipinski definition) is 2. The number of aliphatic hydroxyl groups is 1. The Bertz CT molecular complexity index is 647. The van der Waals surface area contributed by atoms with Gasteiger partial charge >= 0.3 is 0 Å². The van der Waals surface area contributed by atoms with Crippen LogP contribution >= 0.6 is 0 Å². The van der Waals surface area contributed by atoms with Crippen LogP contribution in [-0.4, -0.2) is 45.5 Å². The molecule has 0 spiro atoms. The zero-order valence-electron chi connectivity index (χ0n) is 14.2. The van der Waals surface area contributed by atoms with Crippen LogP contribution in [0.15, 0.2) is 0 Å². The van der Waals surface area contributed by atoms with Crippen LogP contribution in [0.2, 0.25) is 0 Å². The quantitative estimate of drug-likeness (QED) is 0.755. The molecule has 130 valence electrons. The molecule has 2 heterocycles. The number of carbonyl (C=O) groups excluding carboxylic acids is 2. The molecule has 5 heteroatoms. The molecule has 7 rings (SSSR count). The van der Waals surface area contributed by atoms with E-state index in [1.54, 1.807) is 0 Å². The van der Waals surface area contributed by atoms with Crippen molar-refractivity contribution in [3.63, 3.8) is 0 Å². The van der Waals surface area contributed by atoms with Gasteiger partial charge in [0.2, 0.25) is 11.8 Å². The zero-order chi connectivity index (χ0) is 16.4. The Morgan fingerprint density at radius 2 is 1.83 bits per heavy atom. The van der Waals surface area contributed by atoms with Crippen molar-refractivity contribution in [1.82, 2.24) is 10.2 Å². The summed E-state index contributed by atoms with van der Waals surface area (Å²) in [6, 6.07) is -0.324. The monoisotopic (exact) mass is 330 g/mol. The lowest BCUT2D eigenvalue weighted by atomic mass is 9.46. The highest BCUT2D eigenvalue weighted by Crippen LogP contribution is 2.64. The summed E-state index contributed by atoms with van der Waals surface area (Å²) in [5.74, 6) is 2.36. The lowest BCUT2D eigenvalue weighted by molar-refractivity contribution is -0.186. The standard InChI is InChI=1S/C19H26N2O3/c1-9-12-3-13-16(22)20-15(17(23)21(13)14(9)12)18-4-10-2-11(5-18)7-19(24,6-10)8-18/h9-15,24H,2-8H2,1H3,(H,20,22). The molecule has 24 heavy (non-hydrogen) atoms. The largest absolute Gasteiger partial charge is 0.390 e. The van der Waals surface area contributed by atoms with E-state index in [0.717, 1.165) is 32.1 Å². The fourth-order valence-corrected chi connectivity index (χ4v) is 7.94. The minimum absolute atomic E-state index is 0.0572. The van der Waals surface area contributed by atoms with Crippen LogP contribution in [0.1, 0.15) is 51.9 Å². The number of fused-ring (bicyclic) bond motifs is 3. The minimum atomic E-state index is -0.591. The normalized spacial score (nSPS) is 60.1.